The molecule has 2 atom stereocenters. The van der Waals surface area contributed by atoms with Crippen molar-refractivity contribution in [1.82, 2.24) is 20.2 Å². The van der Waals surface area contributed by atoms with E-state index in [2.05, 4.69) is 25.5 Å². The Morgan fingerprint density at radius 3 is 3.00 bits per heavy atom. The van der Waals surface area contributed by atoms with Gasteiger partial charge in [0.15, 0.2) is 5.75 Å². The minimum absolute atomic E-state index is 0.0846. The molecule has 0 radical (unpaired) electrons. The number of hydrogen-bond donors (Lipinski definition) is 3. The van der Waals surface area contributed by atoms with Gasteiger partial charge in [0.2, 0.25) is 0 Å². The van der Waals surface area contributed by atoms with Crippen molar-refractivity contribution in [1.29, 1.82) is 0 Å². The third kappa shape index (κ3) is 5.09. The van der Waals surface area contributed by atoms with Crippen LogP contribution in [0.15, 0.2) is 36.7 Å². The van der Waals surface area contributed by atoms with Crippen LogP contribution < -0.4 is 20.1 Å². The maximum atomic E-state index is 14.0. The summed E-state index contributed by atoms with van der Waals surface area (Å²) in [5.41, 5.74) is 3.12. The number of methoxy groups -OCH3 is 1. The van der Waals surface area contributed by atoms with E-state index in [1.807, 2.05) is 7.05 Å². The Morgan fingerprint density at radius 2 is 2.22 bits per heavy atom. The molecule has 0 saturated carbocycles. The number of carbonyl (C=O) groups excluding carboxylic acids is 1. The number of para-hydroxylation sites is 1. The number of morpholine rings is 1. The Balaban J connectivity index is 1.58. The number of rotatable bonds is 8. The second kappa shape index (κ2) is 11.0. The molecule has 0 bridgehead atoms. The number of amides is 1. The number of fused-ring (bicyclic) bond motifs is 1. The molecule has 9 nitrogen and oxygen atoms in total. The third-order valence-corrected chi connectivity index (χ3v) is 6.91. The van der Waals surface area contributed by atoms with E-state index >= 15 is 0 Å². The summed E-state index contributed by atoms with van der Waals surface area (Å²) in [5, 5.41) is 6.53. The van der Waals surface area contributed by atoms with Gasteiger partial charge in [0.1, 0.15) is 18.5 Å². The number of ether oxygens (including phenoxy) is 3. The molecule has 0 aliphatic carbocycles. The first-order chi connectivity index (χ1) is 18.0. The van der Waals surface area contributed by atoms with Gasteiger partial charge in [-0.3, -0.25) is 14.2 Å². The van der Waals surface area contributed by atoms with E-state index in [-0.39, 0.29) is 18.6 Å². The second-order valence-electron chi connectivity index (χ2n) is 9.11. The zero-order valence-electron chi connectivity index (χ0n) is 20.6. The number of nitrogens with zero attached hydrogens (tertiary/aromatic N) is 2. The van der Waals surface area contributed by atoms with Gasteiger partial charge >= 0.3 is 0 Å². The van der Waals surface area contributed by atoms with Crippen LogP contribution in [-0.4, -0.2) is 80.6 Å². The maximum Gasteiger partial charge on any atom is 0.255 e. The molecule has 2 aromatic heterocycles. The van der Waals surface area contributed by atoms with Crippen molar-refractivity contribution >= 4 is 28.9 Å². The predicted octanol–water partition coefficient (Wildman–Crippen LogP) is 3.99. The van der Waals surface area contributed by atoms with E-state index in [0.29, 0.717) is 63.6 Å². The van der Waals surface area contributed by atoms with Crippen molar-refractivity contribution in [2.24, 2.45) is 0 Å². The average molecular weight is 530 g/mol. The second-order valence-corrected chi connectivity index (χ2v) is 9.52. The van der Waals surface area contributed by atoms with Crippen LogP contribution >= 0.6 is 11.6 Å². The first kappa shape index (κ1) is 25.3. The van der Waals surface area contributed by atoms with Crippen LogP contribution in [0.3, 0.4) is 0 Å². The van der Waals surface area contributed by atoms with Gasteiger partial charge < -0.3 is 34.7 Å². The lowest BCUT2D eigenvalue weighted by Gasteiger charge is -2.30. The first-order valence-corrected chi connectivity index (χ1v) is 12.4. The third-order valence-electron chi connectivity index (χ3n) is 6.61. The summed E-state index contributed by atoms with van der Waals surface area (Å²) in [4.78, 5) is 22.8. The van der Waals surface area contributed by atoms with Crippen molar-refractivity contribution < 1.29 is 23.4 Å². The van der Waals surface area contributed by atoms with Gasteiger partial charge in [-0.1, -0.05) is 17.7 Å². The van der Waals surface area contributed by atoms with Crippen LogP contribution in [0.5, 0.6) is 11.5 Å². The highest BCUT2D eigenvalue weighted by Crippen LogP contribution is 2.44. The molecule has 4 heterocycles. The maximum absolute atomic E-state index is 14.0. The number of benzene rings is 1. The Labute approximate surface area is 219 Å². The molecular weight excluding hydrogens is 501 g/mol. The van der Waals surface area contributed by atoms with E-state index in [0.717, 1.165) is 13.1 Å². The van der Waals surface area contributed by atoms with Crippen LogP contribution in [0.25, 0.3) is 11.3 Å². The smallest absolute Gasteiger partial charge is 0.255 e. The molecule has 3 aromatic rings. The Morgan fingerprint density at radius 1 is 1.35 bits per heavy atom. The summed E-state index contributed by atoms with van der Waals surface area (Å²) in [7, 11) is 3.56. The fourth-order valence-electron chi connectivity index (χ4n) is 4.73. The summed E-state index contributed by atoms with van der Waals surface area (Å²) >= 11 is 6.35. The van der Waals surface area contributed by atoms with Crippen LogP contribution in [0.4, 0.5) is 15.8 Å². The number of aromatic nitrogens is 2. The number of nitrogens with one attached hydrogen (secondary N) is 3. The summed E-state index contributed by atoms with van der Waals surface area (Å²) in [5.74, 6) is 0.117. The molecule has 1 amide bonds. The van der Waals surface area contributed by atoms with Crippen molar-refractivity contribution in [3.05, 3.63) is 52.9 Å². The molecule has 0 spiro atoms. The van der Waals surface area contributed by atoms with E-state index < -0.39 is 12.6 Å². The van der Waals surface area contributed by atoms with Gasteiger partial charge in [-0.05, 0) is 25.2 Å². The lowest BCUT2D eigenvalue weighted by molar-refractivity contribution is -0.0403. The Kier molecular flexibility index (Phi) is 7.50. The molecule has 11 heteroatoms. The van der Waals surface area contributed by atoms with Gasteiger partial charge in [-0.25, -0.2) is 0 Å². The summed E-state index contributed by atoms with van der Waals surface area (Å²) in [6.07, 6.45) is 3.18. The summed E-state index contributed by atoms with van der Waals surface area (Å²) in [6.45, 7) is 2.19. The lowest BCUT2D eigenvalue weighted by Crippen LogP contribution is -2.42. The number of pyridine rings is 1. The van der Waals surface area contributed by atoms with Crippen LogP contribution in [0, 0.1) is 0 Å². The molecule has 1 aromatic carbocycles. The SMILES string of the molecule is COc1c(Cl)cccc1Nc1c(-c2ccncc2OCC2CN(C)CCO2)[nH]c2c1C(=O)NCC2CF. The van der Waals surface area contributed by atoms with Crippen molar-refractivity contribution in [3.63, 3.8) is 0 Å². The topological polar surface area (TPSA) is 101 Å². The number of H-pyrrole nitrogens is 1. The normalized spacial score (nSPS) is 19.7. The zero-order valence-corrected chi connectivity index (χ0v) is 21.4. The van der Waals surface area contributed by atoms with Gasteiger partial charge in [0.05, 0.1) is 54.2 Å². The number of alkyl halides is 1. The molecule has 5 rings (SSSR count). The van der Waals surface area contributed by atoms with Gasteiger partial charge in [-0.15, -0.1) is 0 Å². The monoisotopic (exact) mass is 529 g/mol. The highest BCUT2D eigenvalue weighted by molar-refractivity contribution is 6.32. The highest BCUT2D eigenvalue weighted by Gasteiger charge is 2.34. The van der Waals surface area contributed by atoms with Crippen molar-refractivity contribution in [3.8, 4) is 22.8 Å². The van der Waals surface area contributed by atoms with Gasteiger partial charge in [0, 0.05) is 43.0 Å². The molecule has 2 aliphatic heterocycles. The molecule has 2 aliphatic rings. The van der Waals surface area contributed by atoms with Crippen LogP contribution in [-0.2, 0) is 4.74 Å². The number of carbonyl (C=O) groups is 1. The number of hydrogen-bond acceptors (Lipinski definition) is 7. The largest absolute Gasteiger partial charge is 0.493 e. The molecule has 2 unspecified atom stereocenters. The fraction of sp³-hybridized carbons (Fsp3) is 0.385. The van der Waals surface area contributed by atoms with E-state index in [1.165, 1.54) is 7.11 Å². The molecule has 3 N–H and O–H groups in total. The van der Waals surface area contributed by atoms with Crippen molar-refractivity contribution in [2.45, 2.75) is 12.0 Å². The highest BCUT2D eigenvalue weighted by atomic mass is 35.5. The average Bonchev–Trinajstić information content (AvgIpc) is 3.28. The van der Waals surface area contributed by atoms with Crippen molar-refractivity contribution in [2.75, 3.05) is 59.0 Å². The number of anilines is 2. The van der Waals surface area contributed by atoms with Crippen LogP contribution in [0.1, 0.15) is 22.0 Å². The quantitative estimate of drug-likeness (QED) is 0.405. The minimum Gasteiger partial charge on any atom is -0.493 e. The number of likely N-dealkylation sites (N-methyl/N-ethyl adjacent to an activating group) is 1. The molecule has 37 heavy (non-hydrogen) atoms. The van der Waals surface area contributed by atoms with Gasteiger partial charge in [-0.2, -0.15) is 0 Å². The summed E-state index contributed by atoms with van der Waals surface area (Å²) < 4.78 is 31.5. The fourth-order valence-corrected chi connectivity index (χ4v) is 4.98. The standard InChI is InChI=1S/C26H29ClFN5O4/c1-33-8-9-36-16(13-33)14-37-20-12-29-7-6-17(20)23-24(31-19-5-3-4-18(27)25(19)35-2)21-22(32-23)15(10-28)11-30-26(21)34/h3-7,12,15-16,31-32H,8-11,13-14H2,1-2H3,(H,30,34). The Hall–Kier alpha value is -3.34. The molecule has 1 saturated heterocycles. The summed E-state index contributed by atoms with van der Waals surface area (Å²) in [6, 6.07) is 7.08. The molecule has 1 fully saturated rings. The molecular formula is C26H29ClFN5O4. The van der Waals surface area contributed by atoms with Gasteiger partial charge in [0.25, 0.3) is 5.91 Å². The van der Waals surface area contributed by atoms with E-state index in [4.69, 9.17) is 25.8 Å². The number of halogens is 2. The number of aromatic amines is 1. The molecule has 196 valence electrons. The minimum atomic E-state index is -0.626. The van der Waals surface area contributed by atoms with Crippen LogP contribution in [0.2, 0.25) is 5.02 Å². The van der Waals surface area contributed by atoms with E-state index in [9.17, 15) is 9.18 Å². The lowest BCUT2D eigenvalue weighted by atomic mass is 9.97. The first-order valence-electron chi connectivity index (χ1n) is 12.1. The zero-order chi connectivity index (χ0) is 25.9. The van der Waals surface area contributed by atoms with E-state index in [1.54, 1.807) is 36.7 Å². The predicted molar refractivity (Wildman–Crippen MR) is 139 cm³/mol. The Bertz CT molecular complexity index is 1290.